The van der Waals surface area contributed by atoms with Crippen molar-refractivity contribution >= 4 is 10.9 Å². The summed E-state index contributed by atoms with van der Waals surface area (Å²) in [4.78, 5) is 21.0. The van der Waals surface area contributed by atoms with Crippen LogP contribution in [0.4, 0.5) is 13.2 Å². The fourth-order valence-corrected chi connectivity index (χ4v) is 3.82. The number of hydrogen-bond donors (Lipinski definition) is 1. The fourth-order valence-electron chi connectivity index (χ4n) is 3.82. The molecule has 0 atom stereocenters. The third-order valence-corrected chi connectivity index (χ3v) is 5.52. The Labute approximate surface area is 193 Å². The molecule has 2 aromatic carbocycles. The van der Waals surface area contributed by atoms with E-state index in [-0.39, 0.29) is 34.6 Å². The second kappa shape index (κ2) is 8.60. The number of alkyl halides is 2. The van der Waals surface area contributed by atoms with Gasteiger partial charge in [0, 0.05) is 36.1 Å². The summed E-state index contributed by atoms with van der Waals surface area (Å²) in [5, 5.41) is 10.2. The topological polar surface area (TPSA) is 82.2 Å². The van der Waals surface area contributed by atoms with Crippen LogP contribution in [0.5, 0.6) is 5.75 Å². The monoisotopic (exact) mass is 472 g/mol. The fraction of sp³-hybridized carbons (Fsp3) is 0.292. The second-order valence-electron chi connectivity index (χ2n) is 8.55. The summed E-state index contributed by atoms with van der Waals surface area (Å²) < 4.78 is 48.9. The van der Waals surface area contributed by atoms with E-state index in [4.69, 9.17) is 0 Å². The lowest BCUT2D eigenvalue weighted by atomic mass is 10.1. The first-order valence-electron chi connectivity index (χ1n) is 10.4. The summed E-state index contributed by atoms with van der Waals surface area (Å²) in [7, 11) is 1.48. The summed E-state index contributed by atoms with van der Waals surface area (Å²) >= 11 is 0. The molecule has 0 aliphatic carbocycles. The highest BCUT2D eigenvalue weighted by Crippen LogP contribution is 2.30. The predicted octanol–water partition coefficient (Wildman–Crippen LogP) is 4.12. The molecule has 4 aromatic rings. The van der Waals surface area contributed by atoms with Crippen LogP contribution < -0.4 is 10.3 Å². The SMILES string of the molecule is Cc1ccc(OC(F)F)c(Cn2c3c(F)c(-c4cnc(C(C)(C)O)nc4)ccc3c(=O)n2C)c1. The maximum Gasteiger partial charge on any atom is 0.387 e. The Morgan fingerprint density at radius 1 is 1.15 bits per heavy atom. The predicted molar refractivity (Wildman–Crippen MR) is 120 cm³/mol. The number of aliphatic hydroxyl groups is 1. The number of benzene rings is 2. The molecule has 4 rings (SSSR count). The molecular formula is C24H23F3N4O3. The highest BCUT2D eigenvalue weighted by Gasteiger charge is 2.22. The number of rotatable bonds is 6. The molecular weight excluding hydrogens is 449 g/mol. The maximum absolute atomic E-state index is 15.8. The van der Waals surface area contributed by atoms with Crippen molar-refractivity contribution in [1.29, 1.82) is 0 Å². The van der Waals surface area contributed by atoms with Gasteiger partial charge in [0.25, 0.3) is 5.56 Å². The molecule has 0 unspecified atom stereocenters. The first-order valence-corrected chi connectivity index (χ1v) is 10.4. The Bertz CT molecular complexity index is 1420. The molecule has 0 bridgehead atoms. The van der Waals surface area contributed by atoms with Crippen molar-refractivity contribution in [3.8, 4) is 16.9 Å². The van der Waals surface area contributed by atoms with Crippen molar-refractivity contribution in [2.24, 2.45) is 7.05 Å². The molecule has 0 saturated heterocycles. The van der Waals surface area contributed by atoms with E-state index in [9.17, 15) is 18.7 Å². The molecule has 0 aliphatic rings. The Hall–Kier alpha value is -3.66. The summed E-state index contributed by atoms with van der Waals surface area (Å²) in [6, 6.07) is 7.67. The minimum absolute atomic E-state index is 0.0149. The highest BCUT2D eigenvalue weighted by molar-refractivity contribution is 5.85. The summed E-state index contributed by atoms with van der Waals surface area (Å²) in [5.74, 6) is -0.554. The highest BCUT2D eigenvalue weighted by atomic mass is 19.3. The minimum atomic E-state index is -3.03. The van der Waals surface area contributed by atoms with Crippen molar-refractivity contribution in [3.05, 3.63) is 75.8 Å². The Morgan fingerprint density at radius 3 is 2.44 bits per heavy atom. The van der Waals surface area contributed by atoms with Crippen molar-refractivity contribution in [1.82, 2.24) is 19.3 Å². The third kappa shape index (κ3) is 4.28. The van der Waals surface area contributed by atoms with Crippen LogP contribution in [0.1, 0.15) is 30.8 Å². The van der Waals surface area contributed by atoms with E-state index in [1.54, 1.807) is 19.1 Å². The van der Waals surface area contributed by atoms with E-state index >= 15 is 4.39 Å². The minimum Gasteiger partial charge on any atom is -0.434 e. The molecule has 1 N–H and O–H groups in total. The largest absolute Gasteiger partial charge is 0.434 e. The molecule has 34 heavy (non-hydrogen) atoms. The molecule has 7 nitrogen and oxygen atoms in total. The Kier molecular flexibility index (Phi) is 5.94. The van der Waals surface area contributed by atoms with Gasteiger partial charge in [-0.25, -0.2) is 14.4 Å². The molecule has 0 aliphatic heterocycles. The van der Waals surface area contributed by atoms with Crippen LogP contribution in [0.2, 0.25) is 0 Å². The summed E-state index contributed by atoms with van der Waals surface area (Å²) in [5.41, 5.74) is 0.0000857. The molecule has 0 amide bonds. The van der Waals surface area contributed by atoms with Crippen LogP contribution in [0, 0.1) is 12.7 Å². The molecule has 178 valence electrons. The van der Waals surface area contributed by atoms with Gasteiger partial charge in [-0.3, -0.25) is 14.2 Å². The van der Waals surface area contributed by atoms with Crippen molar-refractivity contribution in [2.75, 3.05) is 0 Å². The zero-order valence-electron chi connectivity index (χ0n) is 19.0. The number of fused-ring (bicyclic) bond motifs is 1. The molecule has 2 aromatic heterocycles. The Morgan fingerprint density at radius 2 is 1.82 bits per heavy atom. The van der Waals surface area contributed by atoms with E-state index in [1.807, 2.05) is 0 Å². The van der Waals surface area contributed by atoms with Crippen LogP contribution in [0.15, 0.2) is 47.5 Å². The third-order valence-electron chi connectivity index (χ3n) is 5.52. The lowest BCUT2D eigenvalue weighted by Crippen LogP contribution is -2.20. The normalized spacial score (nSPS) is 12.0. The number of aromatic nitrogens is 4. The first-order chi connectivity index (χ1) is 16.0. The van der Waals surface area contributed by atoms with Gasteiger partial charge in [0.05, 0.1) is 11.9 Å². The van der Waals surface area contributed by atoms with Gasteiger partial charge in [0.1, 0.15) is 16.9 Å². The number of ether oxygens (including phenoxy) is 1. The maximum atomic E-state index is 15.8. The van der Waals surface area contributed by atoms with Gasteiger partial charge in [-0.1, -0.05) is 23.8 Å². The van der Waals surface area contributed by atoms with E-state index in [1.165, 1.54) is 60.9 Å². The molecule has 2 heterocycles. The van der Waals surface area contributed by atoms with Crippen LogP contribution >= 0.6 is 0 Å². The first kappa shape index (κ1) is 23.5. The van der Waals surface area contributed by atoms with E-state index < -0.39 is 23.6 Å². The molecule has 0 saturated carbocycles. The van der Waals surface area contributed by atoms with Gasteiger partial charge in [-0.05, 0) is 32.9 Å². The van der Waals surface area contributed by atoms with Crippen LogP contribution in [-0.4, -0.2) is 31.0 Å². The summed E-state index contributed by atoms with van der Waals surface area (Å²) in [6.45, 7) is 1.76. The quantitative estimate of drug-likeness (QED) is 0.457. The lowest BCUT2D eigenvalue weighted by Gasteiger charge is -2.16. The van der Waals surface area contributed by atoms with Crippen molar-refractivity contribution < 1.29 is 23.0 Å². The Balaban J connectivity index is 1.86. The van der Waals surface area contributed by atoms with E-state index in [0.29, 0.717) is 11.1 Å². The van der Waals surface area contributed by atoms with Gasteiger partial charge in [0.15, 0.2) is 11.6 Å². The van der Waals surface area contributed by atoms with Gasteiger partial charge in [0.2, 0.25) is 0 Å². The number of aryl methyl sites for hydroxylation is 1. The van der Waals surface area contributed by atoms with Gasteiger partial charge in [-0.2, -0.15) is 8.78 Å². The number of nitrogens with zero attached hydrogens (tertiary/aromatic N) is 4. The molecule has 0 radical (unpaired) electrons. The van der Waals surface area contributed by atoms with Gasteiger partial charge >= 0.3 is 6.61 Å². The zero-order valence-corrected chi connectivity index (χ0v) is 19.0. The summed E-state index contributed by atoms with van der Waals surface area (Å²) in [6.07, 6.45) is 2.79. The smallest absolute Gasteiger partial charge is 0.387 e. The number of hydrogen-bond acceptors (Lipinski definition) is 5. The van der Waals surface area contributed by atoms with E-state index in [2.05, 4.69) is 14.7 Å². The lowest BCUT2D eigenvalue weighted by molar-refractivity contribution is -0.0505. The zero-order chi connectivity index (χ0) is 24.8. The molecule has 10 heteroatoms. The second-order valence-corrected chi connectivity index (χ2v) is 8.55. The van der Waals surface area contributed by atoms with Gasteiger partial charge in [-0.15, -0.1) is 0 Å². The van der Waals surface area contributed by atoms with Crippen molar-refractivity contribution in [2.45, 2.75) is 39.5 Å². The molecule has 0 spiro atoms. The van der Waals surface area contributed by atoms with E-state index in [0.717, 1.165) is 5.56 Å². The van der Waals surface area contributed by atoms with Crippen LogP contribution in [0.3, 0.4) is 0 Å². The average molecular weight is 472 g/mol. The standard InChI is InChI=1S/C24H23F3N4O3/c1-13-5-8-18(34-23(26)27)14(9-13)12-31-20-17(21(32)30(31)4)7-6-16(19(20)25)15-10-28-22(29-11-15)24(2,3)33/h5-11,23,33H,12H2,1-4H3. The average Bonchev–Trinajstić information content (AvgIpc) is 3.00. The van der Waals surface area contributed by atoms with Crippen molar-refractivity contribution in [3.63, 3.8) is 0 Å². The number of halogens is 3. The van der Waals surface area contributed by atoms with Crippen LogP contribution in [-0.2, 0) is 19.2 Å². The molecule has 0 fully saturated rings. The van der Waals surface area contributed by atoms with Crippen LogP contribution in [0.25, 0.3) is 22.0 Å². The van der Waals surface area contributed by atoms with Gasteiger partial charge < -0.3 is 9.84 Å².